The first-order chi connectivity index (χ1) is 10.1. The van der Waals surface area contributed by atoms with Crippen molar-refractivity contribution in [3.05, 3.63) is 41.3 Å². The maximum atomic E-state index is 13.2. The second-order valence-electron chi connectivity index (χ2n) is 5.40. The lowest BCUT2D eigenvalue weighted by Crippen LogP contribution is -2.46. The highest BCUT2D eigenvalue weighted by Crippen LogP contribution is 2.19. The number of piperazine rings is 1. The van der Waals surface area contributed by atoms with E-state index < -0.39 is 5.95 Å². The lowest BCUT2D eigenvalue weighted by atomic mass is 10.1. The van der Waals surface area contributed by atoms with Gasteiger partial charge in [-0.1, -0.05) is 5.16 Å². The number of halogens is 1. The normalized spacial score (nSPS) is 16.4. The molecule has 2 aromatic rings. The van der Waals surface area contributed by atoms with Crippen molar-refractivity contribution in [1.82, 2.24) is 15.0 Å². The zero-order valence-corrected chi connectivity index (χ0v) is 12.3. The van der Waals surface area contributed by atoms with Gasteiger partial charge in [0.25, 0.3) is 0 Å². The number of hydrogen-bond donors (Lipinski definition) is 0. The highest BCUT2D eigenvalue weighted by Gasteiger charge is 2.20. The Morgan fingerprint density at radius 1 is 1.24 bits per heavy atom. The van der Waals surface area contributed by atoms with Gasteiger partial charge in [-0.05, 0) is 19.9 Å². The summed E-state index contributed by atoms with van der Waals surface area (Å²) < 4.78 is 18.4. The average Bonchev–Trinajstić information content (AvgIpc) is 2.80. The van der Waals surface area contributed by atoms with E-state index in [1.165, 1.54) is 17.8 Å². The number of aromatic nitrogens is 2. The van der Waals surface area contributed by atoms with E-state index in [0.717, 1.165) is 49.9 Å². The first-order valence-corrected chi connectivity index (χ1v) is 7.14. The van der Waals surface area contributed by atoms with Crippen LogP contribution >= 0.6 is 0 Å². The fourth-order valence-electron chi connectivity index (χ4n) is 2.70. The lowest BCUT2D eigenvalue weighted by molar-refractivity contribution is 0.248. The minimum absolute atomic E-state index is 0.425. The van der Waals surface area contributed by atoms with Gasteiger partial charge in [0.1, 0.15) is 5.76 Å². The second kappa shape index (κ2) is 5.81. The van der Waals surface area contributed by atoms with Gasteiger partial charge in [-0.3, -0.25) is 4.90 Å². The van der Waals surface area contributed by atoms with Gasteiger partial charge in [0.2, 0.25) is 5.95 Å². The molecule has 0 N–H and O–H groups in total. The third-order valence-corrected chi connectivity index (χ3v) is 4.01. The summed E-state index contributed by atoms with van der Waals surface area (Å²) in [6.07, 6.45) is 1.51. The first kappa shape index (κ1) is 14.0. The number of hydrogen-bond acceptors (Lipinski definition) is 5. The second-order valence-corrected chi connectivity index (χ2v) is 5.40. The summed E-state index contributed by atoms with van der Waals surface area (Å²) in [5, 5.41) is 3.99. The van der Waals surface area contributed by atoms with Gasteiger partial charge in [-0.25, -0.2) is 4.98 Å². The molecule has 0 aromatic carbocycles. The molecule has 0 radical (unpaired) electrons. The average molecular weight is 290 g/mol. The number of nitrogens with zero attached hydrogens (tertiary/aromatic N) is 4. The van der Waals surface area contributed by atoms with E-state index in [-0.39, 0.29) is 0 Å². The van der Waals surface area contributed by atoms with Gasteiger partial charge in [-0.2, -0.15) is 4.39 Å². The molecule has 3 heterocycles. The van der Waals surface area contributed by atoms with Crippen LogP contribution in [0.4, 0.5) is 10.1 Å². The largest absolute Gasteiger partial charge is 0.369 e. The SMILES string of the molecule is Cc1noc(C)c1CN1CCN(c2ccnc(F)c2)CC1. The fraction of sp³-hybridized carbons (Fsp3) is 0.467. The van der Waals surface area contributed by atoms with Gasteiger partial charge in [0.05, 0.1) is 5.69 Å². The molecule has 112 valence electrons. The Bertz CT molecular complexity index is 600. The predicted octanol–water partition coefficient (Wildman–Crippen LogP) is 2.15. The molecule has 21 heavy (non-hydrogen) atoms. The smallest absolute Gasteiger partial charge is 0.214 e. The molecule has 1 aliphatic rings. The standard InChI is InChI=1S/C15H19FN4O/c1-11-14(12(2)21-18-11)10-19-5-7-20(8-6-19)13-3-4-17-15(16)9-13/h3-4,9H,5-8,10H2,1-2H3. The van der Waals surface area contributed by atoms with Crippen molar-refractivity contribution in [3.8, 4) is 0 Å². The van der Waals surface area contributed by atoms with Crippen LogP contribution in [0.15, 0.2) is 22.9 Å². The topological polar surface area (TPSA) is 45.4 Å². The molecule has 0 spiro atoms. The van der Waals surface area contributed by atoms with Crippen molar-refractivity contribution in [2.45, 2.75) is 20.4 Å². The summed E-state index contributed by atoms with van der Waals surface area (Å²) in [4.78, 5) is 8.16. The van der Waals surface area contributed by atoms with Crippen molar-refractivity contribution in [3.63, 3.8) is 0 Å². The summed E-state index contributed by atoms with van der Waals surface area (Å²) in [6.45, 7) is 8.43. The Hall–Kier alpha value is -1.95. The van der Waals surface area contributed by atoms with Gasteiger partial charge in [0.15, 0.2) is 0 Å². The van der Waals surface area contributed by atoms with Crippen LogP contribution in [0.25, 0.3) is 0 Å². The Balaban J connectivity index is 1.60. The molecule has 0 aliphatic carbocycles. The molecule has 0 amide bonds. The summed E-state index contributed by atoms with van der Waals surface area (Å²) in [5.41, 5.74) is 3.05. The molecular weight excluding hydrogens is 271 g/mol. The fourth-order valence-corrected chi connectivity index (χ4v) is 2.70. The number of pyridine rings is 1. The van der Waals surface area contributed by atoms with Crippen molar-refractivity contribution in [1.29, 1.82) is 0 Å². The molecule has 5 nitrogen and oxygen atoms in total. The van der Waals surface area contributed by atoms with E-state index in [0.29, 0.717) is 0 Å². The molecule has 1 aliphatic heterocycles. The summed E-state index contributed by atoms with van der Waals surface area (Å²) in [6, 6.07) is 3.34. The number of anilines is 1. The van der Waals surface area contributed by atoms with Crippen LogP contribution in [0.5, 0.6) is 0 Å². The van der Waals surface area contributed by atoms with E-state index >= 15 is 0 Å². The van der Waals surface area contributed by atoms with Crippen LogP contribution in [-0.2, 0) is 6.54 Å². The Morgan fingerprint density at radius 3 is 2.62 bits per heavy atom. The van der Waals surface area contributed by atoms with Gasteiger partial charge in [0, 0.05) is 56.2 Å². The van der Waals surface area contributed by atoms with Crippen molar-refractivity contribution in [2.24, 2.45) is 0 Å². The molecule has 0 unspecified atom stereocenters. The number of rotatable bonds is 3. The highest BCUT2D eigenvalue weighted by atomic mass is 19.1. The molecule has 0 saturated carbocycles. The Labute approximate surface area is 123 Å². The van der Waals surface area contributed by atoms with Gasteiger partial charge in [-0.15, -0.1) is 0 Å². The minimum atomic E-state index is -0.425. The van der Waals surface area contributed by atoms with E-state index in [2.05, 4.69) is 19.9 Å². The predicted molar refractivity (Wildman–Crippen MR) is 77.7 cm³/mol. The highest BCUT2D eigenvalue weighted by molar-refractivity contribution is 5.45. The molecule has 3 rings (SSSR count). The molecule has 1 fully saturated rings. The quantitative estimate of drug-likeness (QED) is 0.811. The van der Waals surface area contributed by atoms with Crippen molar-refractivity contribution in [2.75, 3.05) is 31.1 Å². The third kappa shape index (κ3) is 3.05. The zero-order chi connectivity index (χ0) is 14.8. The number of aryl methyl sites for hydroxylation is 2. The minimum Gasteiger partial charge on any atom is -0.369 e. The Kier molecular flexibility index (Phi) is 3.88. The summed E-state index contributed by atoms with van der Waals surface area (Å²) in [7, 11) is 0. The molecular formula is C15H19FN4O. The van der Waals surface area contributed by atoms with Crippen LogP contribution in [0.3, 0.4) is 0 Å². The van der Waals surface area contributed by atoms with Crippen LogP contribution < -0.4 is 4.90 Å². The maximum absolute atomic E-state index is 13.2. The summed E-state index contributed by atoms with van der Waals surface area (Å²) in [5.74, 6) is 0.469. The van der Waals surface area contributed by atoms with E-state index in [1.807, 2.05) is 19.9 Å². The lowest BCUT2D eigenvalue weighted by Gasteiger charge is -2.36. The van der Waals surface area contributed by atoms with Crippen LogP contribution in [0.2, 0.25) is 0 Å². The first-order valence-electron chi connectivity index (χ1n) is 7.14. The molecule has 1 saturated heterocycles. The van der Waals surface area contributed by atoms with E-state index in [4.69, 9.17) is 4.52 Å². The molecule has 0 bridgehead atoms. The van der Waals surface area contributed by atoms with Gasteiger partial charge < -0.3 is 9.42 Å². The van der Waals surface area contributed by atoms with Crippen LogP contribution in [0.1, 0.15) is 17.0 Å². The van der Waals surface area contributed by atoms with Crippen LogP contribution in [-0.4, -0.2) is 41.2 Å². The maximum Gasteiger partial charge on any atom is 0.214 e. The van der Waals surface area contributed by atoms with Crippen molar-refractivity contribution < 1.29 is 8.91 Å². The molecule has 2 aromatic heterocycles. The molecule has 0 atom stereocenters. The van der Waals surface area contributed by atoms with E-state index in [1.54, 1.807) is 0 Å². The Morgan fingerprint density at radius 2 is 2.00 bits per heavy atom. The monoisotopic (exact) mass is 290 g/mol. The van der Waals surface area contributed by atoms with E-state index in [9.17, 15) is 4.39 Å². The van der Waals surface area contributed by atoms with Crippen molar-refractivity contribution >= 4 is 5.69 Å². The zero-order valence-electron chi connectivity index (χ0n) is 12.3. The van der Waals surface area contributed by atoms with Gasteiger partial charge >= 0.3 is 0 Å². The third-order valence-electron chi connectivity index (χ3n) is 4.01. The van der Waals surface area contributed by atoms with Crippen LogP contribution in [0, 0.1) is 19.8 Å². The molecule has 6 heteroatoms. The summed E-state index contributed by atoms with van der Waals surface area (Å²) >= 11 is 0.